The Kier molecular flexibility index (Phi) is 7.38. The van der Waals surface area contributed by atoms with Crippen LogP contribution in [0.3, 0.4) is 0 Å². The molecule has 1 atom stereocenters. The van der Waals surface area contributed by atoms with Gasteiger partial charge in [-0.2, -0.15) is 0 Å². The summed E-state index contributed by atoms with van der Waals surface area (Å²) >= 11 is 0. The Bertz CT molecular complexity index is 531. The van der Waals surface area contributed by atoms with Crippen LogP contribution in [0.2, 0.25) is 0 Å². The highest BCUT2D eigenvalue weighted by Gasteiger charge is 2.40. The summed E-state index contributed by atoms with van der Waals surface area (Å²) in [6, 6.07) is 3.27. The molecular formula is C16H23ClF2N2O2. The van der Waals surface area contributed by atoms with Crippen molar-refractivity contribution in [2.24, 2.45) is 5.41 Å². The fraction of sp³-hybridized carbons (Fsp3) is 0.562. The highest BCUT2D eigenvalue weighted by Crippen LogP contribution is 2.30. The summed E-state index contributed by atoms with van der Waals surface area (Å²) in [5, 5.41) is 6.13. The van der Waals surface area contributed by atoms with E-state index in [0.717, 1.165) is 25.2 Å². The molecule has 1 aromatic carbocycles. The van der Waals surface area contributed by atoms with E-state index in [1.807, 2.05) is 0 Å². The largest absolute Gasteiger partial charge is 0.384 e. The lowest BCUT2D eigenvalue weighted by molar-refractivity contribution is -0.136. The molecule has 1 aliphatic rings. The summed E-state index contributed by atoms with van der Waals surface area (Å²) in [5.41, 5.74) is -0.0268. The Morgan fingerprint density at radius 2 is 2.00 bits per heavy atom. The van der Waals surface area contributed by atoms with Crippen molar-refractivity contribution in [3.8, 4) is 0 Å². The van der Waals surface area contributed by atoms with E-state index < -0.39 is 23.1 Å². The average molecular weight is 349 g/mol. The molecule has 0 saturated carbocycles. The third-order valence-electron chi connectivity index (χ3n) is 4.25. The van der Waals surface area contributed by atoms with Crippen LogP contribution < -0.4 is 10.6 Å². The van der Waals surface area contributed by atoms with Crippen LogP contribution in [0.25, 0.3) is 0 Å². The standard InChI is InChI=1S/C16H22F2N2O2.ClH/c1-11(12-3-4-13(17)14(18)9-12)20-15(21)16(10-22-2)5-7-19-8-6-16;/h3-4,9,11,19H,5-8,10H2,1-2H3,(H,20,21);1H. The Hall–Kier alpha value is -1.24. The van der Waals surface area contributed by atoms with Gasteiger partial charge in [0.25, 0.3) is 0 Å². The minimum Gasteiger partial charge on any atom is -0.384 e. The second-order valence-electron chi connectivity index (χ2n) is 5.83. The SMILES string of the molecule is COCC1(C(=O)NC(C)c2ccc(F)c(F)c2)CCNCC1.Cl. The van der Waals surface area contributed by atoms with Crippen molar-refractivity contribution in [3.63, 3.8) is 0 Å². The lowest BCUT2D eigenvalue weighted by atomic mass is 9.78. The molecule has 2 rings (SSSR count). The molecule has 1 unspecified atom stereocenters. The number of nitrogens with one attached hydrogen (secondary N) is 2. The number of amides is 1. The number of piperidine rings is 1. The van der Waals surface area contributed by atoms with Crippen molar-refractivity contribution in [3.05, 3.63) is 35.4 Å². The lowest BCUT2D eigenvalue weighted by Gasteiger charge is -2.36. The van der Waals surface area contributed by atoms with Crippen LogP contribution in [0, 0.1) is 17.0 Å². The number of methoxy groups -OCH3 is 1. The van der Waals surface area contributed by atoms with Gasteiger partial charge in [-0.25, -0.2) is 8.78 Å². The molecule has 7 heteroatoms. The van der Waals surface area contributed by atoms with Gasteiger partial charge >= 0.3 is 0 Å². The lowest BCUT2D eigenvalue weighted by Crippen LogP contribution is -2.50. The highest BCUT2D eigenvalue weighted by atomic mass is 35.5. The number of ether oxygens (including phenoxy) is 1. The first-order valence-corrected chi connectivity index (χ1v) is 7.44. The molecule has 0 aromatic heterocycles. The van der Waals surface area contributed by atoms with Crippen molar-refractivity contribution < 1.29 is 18.3 Å². The number of hydrogen-bond donors (Lipinski definition) is 2. The first kappa shape index (κ1) is 19.8. The van der Waals surface area contributed by atoms with Crippen LogP contribution >= 0.6 is 12.4 Å². The molecule has 1 saturated heterocycles. The van der Waals surface area contributed by atoms with E-state index in [9.17, 15) is 13.6 Å². The van der Waals surface area contributed by atoms with Crippen LogP contribution in [-0.2, 0) is 9.53 Å². The van der Waals surface area contributed by atoms with Crippen LogP contribution in [0.15, 0.2) is 18.2 Å². The molecule has 0 aliphatic carbocycles. The second-order valence-corrected chi connectivity index (χ2v) is 5.83. The molecule has 1 amide bonds. The number of carbonyl (C=O) groups is 1. The monoisotopic (exact) mass is 348 g/mol. The van der Waals surface area contributed by atoms with E-state index in [2.05, 4.69) is 10.6 Å². The maximum absolute atomic E-state index is 13.3. The van der Waals surface area contributed by atoms with Crippen LogP contribution in [0.5, 0.6) is 0 Å². The average Bonchev–Trinajstić information content (AvgIpc) is 2.51. The first-order valence-electron chi connectivity index (χ1n) is 7.44. The number of carbonyl (C=O) groups excluding carboxylic acids is 1. The second kappa shape index (κ2) is 8.57. The number of hydrogen-bond acceptors (Lipinski definition) is 3. The molecule has 0 spiro atoms. The van der Waals surface area contributed by atoms with E-state index in [-0.39, 0.29) is 18.3 Å². The third kappa shape index (κ3) is 4.62. The van der Waals surface area contributed by atoms with Gasteiger partial charge in [0.2, 0.25) is 5.91 Å². The van der Waals surface area contributed by atoms with Gasteiger partial charge in [0.05, 0.1) is 18.1 Å². The Morgan fingerprint density at radius 3 is 2.57 bits per heavy atom. The Labute approximate surface area is 141 Å². The van der Waals surface area contributed by atoms with Gasteiger partial charge in [-0.3, -0.25) is 4.79 Å². The van der Waals surface area contributed by atoms with Crippen LogP contribution in [-0.4, -0.2) is 32.7 Å². The van der Waals surface area contributed by atoms with E-state index in [4.69, 9.17) is 4.74 Å². The zero-order valence-electron chi connectivity index (χ0n) is 13.3. The predicted molar refractivity (Wildman–Crippen MR) is 86.6 cm³/mol. The van der Waals surface area contributed by atoms with Gasteiger partial charge in [0.1, 0.15) is 0 Å². The molecule has 130 valence electrons. The number of halogens is 3. The topological polar surface area (TPSA) is 50.4 Å². The normalized spacial score (nSPS) is 17.9. The highest BCUT2D eigenvalue weighted by molar-refractivity contribution is 5.85. The molecule has 1 heterocycles. The molecular weight excluding hydrogens is 326 g/mol. The molecule has 2 N–H and O–H groups in total. The van der Waals surface area contributed by atoms with E-state index >= 15 is 0 Å². The molecule has 1 fully saturated rings. The number of rotatable bonds is 5. The summed E-state index contributed by atoms with van der Waals surface area (Å²) in [7, 11) is 1.58. The van der Waals surface area contributed by atoms with Crippen LogP contribution in [0.1, 0.15) is 31.4 Å². The zero-order chi connectivity index (χ0) is 16.2. The Balaban J connectivity index is 0.00000264. The quantitative estimate of drug-likeness (QED) is 0.860. The van der Waals surface area contributed by atoms with Gasteiger partial charge < -0.3 is 15.4 Å². The molecule has 0 bridgehead atoms. The van der Waals surface area contributed by atoms with Gasteiger partial charge in [0.15, 0.2) is 11.6 Å². The summed E-state index contributed by atoms with van der Waals surface area (Å²) in [4.78, 5) is 12.7. The zero-order valence-corrected chi connectivity index (χ0v) is 14.1. The van der Waals surface area contributed by atoms with Crippen molar-refractivity contribution in [1.82, 2.24) is 10.6 Å². The van der Waals surface area contributed by atoms with E-state index in [0.29, 0.717) is 25.0 Å². The van der Waals surface area contributed by atoms with Gasteiger partial charge in [-0.1, -0.05) is 6.07 Å². The maximum atomic E-state index is 13.3. The van der Waals surface area contributed by atoms with Gasteiger partial charge in [-0.05, 0) is 50.6 Å². The number of benzene rings is 1. The third-order valence-corrected chi connectivity index (χ3v) is 4.25. The summed E-state index contributed by atoms with van der Waals surface area (Å²) in [5.74, 6) is -1.91. The molecule has 4 nitrogen and oxygen atoms in total. The van der Waals surface area contributed by atoms with Crippen molar-refractivity contribution >= 4 is 18.3 Å². The van der Waals surface area contributed by atoms with Crippen molar-refractivity contribution in [2.45, 2.75) is 25.8 Å². The maximum Gasteiger partial charge on any atom is 0.229 e. The molecule has 1 aromatic rings. The van der Waals surface area contributed by atoms with Gasteiger partial charge in [-0.15, -0.1) is 12.4 Å². The molecule has 1 aliphatic heterocycles. The van der Waals surface area contributed by atoms with Crippen LogP contribution in [0.4, 0.5) is 8.78 Å². The molecule has 0 radical (unpaired) electrons. The van der Waals surface area contributed by atoms with Crippen molar-refractivity contribution in [2.75, 3.05) is 26.8 Å². The summed E-state index contributed by atoms with van der Waals surface area (Å²) < 4.78 is 31.5. The van der Waals surface area contributed by atoms with E-state index in [1.165, 1.54) is 6.07 Å². The fourth-order valence-corrected chi connectivity index (χ4v) is 2.83. The summed E-state index contributed by atoms with van der Waals surface area (Å²) in [6.07, 6.45) is 1.38. The summed E-state index contributed by atoms with van der Waals surface area (Å²) in [6.45, 7) is 3.63. The first-order chi connectivity index (χ1) is 10.5. The van der Waals surface area contributed by atoms with E-state index in [1.54, 1.807) is 14.0 Å². The minimum absolute atomic E-state index is 0. The van der Waals surface area contributed by atoms with Gasteiger partial charge in [0, 0.05) is 7.11 Å². The van der Waals surface area contributed by atoms with Crippen molar-refractivity contribution in [1.29, 1.82) is 0 Å². The smallest absolute Gasteiger partial charge is 0.229 e. The fourth-order valence-electron chi connectivity index (χ4n) is 2.83. The predicted octanol–water partition coefficient (Wildman–Crippen LogP) is 2.58. The minimum atomic E-state index is -0.910. The molecule has 23 heavy (non-hydrogen) atoms. The Morgan fingerprint density at radius 1 is 1.35 bits per heavy atom.